The summed E-state index contributed by atoms with van der Waals surface area (Å²) in [5.74, 6) is 0.571. The minimum Gasteiger partial charge on any atom is -0.471 e. The van der Waals surface area contributed by atoms with Crippen molar-refractivity contribution in [2.45, 2.75) is 40.0 Å². The van der Waals surface area contributed by atoms with Gasteiger partial charge in [-0.25, -0.2) is 4.68 Å². The summed E-state index contributed by atoms with van der Waals surface area (Å²) in [5.41, 5.74) is 2.60. The zero-order chi connectivity index (χ0) is 19.4. The number of ether oxygens (including phenoxy) is 1. The number of carbonyl (C=O) groups is 1. The van der Waals surface area contributed by atoms with Crippen LogP contribution < -0.4 is 10.1 Å². The molecule has 0 aliphatic carbocycles. The summed E-state index contributed by atoms with van der Waals surface area (Å²) in [6.45, 7) is 5.95. The number of carbonyl (C=O) groups excluding carboxylic acids is 1. The summed E-state index contributed by atoms with van der Waals surface area (Å²) in [6.07, 6.45) is 5.82. The molecule has 1 N–H and O–H groups in total. The first kappa shape index (κ1) is 19.0. The van der Waals surface area contributed by atoms with Crippen molar-refractivity contribution in [3.8, 4) is 5.75 Å². The van der Waals surface area contributed by atoms with Gasteiger partial charge in [-0.2, -0.15) is 10.2 Å². The molecule has 2 heterocycles. The normalized spacial score (nSPS) is 12.0. The highest BCUT2D eigenvalue weighted by atomic mass is 35.5. The molecule has 0 bridgehead atoms. The van der Waals surface area contributed by atoms with Crippen LogP contribution in [0.15, 0.2) is 42.9 Å². The Morgan fingerprint density at radius 2 is 2.00 bits per heavy atom. The number of hydrogen-bond donors (Lipinski definition) is 1. The van der Waals surface area contributed by atoms with E-state index >= 15 is 0 Å². The minimum atomic E-state index is -0.491. The monoisotopic (exact) mass is 387 g/mol. The van der Waals surface area contributed by atoms with Crippen LogP contribution in [0.2, 0.25) is 5.02 Å². The van der Waals surface area contributed by atoms with Crippen LogP contribution in [0.5, 0.6) is 5.75 Å². The number of rotatable bonds is 7. The predicted octanol–water partition coefficient (Wildman–Crippen LogP) is 3.84. The lowest BCUT2D eigenvalue weighted by Crippen LogP contribution is -2.25. The second-order valence-electron chi connectivity index (χ2n) is 6.23. The topological polar surface area (TPSA) is 74.0 Å². The molecule has 0 aliphatic rings. The third-order valence-electron chi connectivity index (χ3n) is 4.33. The van der Waals surface area contributed by atoms with Gasteiger partial charge in [0.1, 0.15) is 11.8 Å². The Balaban J connectivity index is 1.56. The van der Waals surface area contributed by atoms with Crippen molar-refractivity contribution in [1.82, 2.24) is 19.6 Å². The molecule has 1 aromatic carbocycles. The van der Waals surface area contributed by atoms with Crippen molar-refractivity contribution >= 4 is 23.2 Å². The summed E-state index contributed by atoms with van der Waals surface area (Å²) in [6, 6.07) is 7.45. The molecule has 7 nitrogen and oxygen atoms in total. The molecule has 1 amide bonds. The number of aromatic nitrogens is 4. The highest BCUT2D eigenvalue weighted by Gasteiger charge is 2.19. The molecule has 0 radical (unpaired) electrons. The van der Waals surface area contributed by atoms with E-state index in [1.165, 1.54) is 11.8 Å². The number of nitrogens with one attached hydrogen (secondary N) is 1. The van der Waals surface area contributed by atoms with Gasteiger partial charge in [-0.1, -0.05) is 30.7 Å². The maximum atomic E-state index is 12.4. The van der Waals surface area contributed by atoms with E-state index in [9.17, 15) is 4.79 Å². The number of anilines is 1. The van der Waals surface area contributed by atoms with E-state index in [2.05, 4.69) is 22.4 Å². The van der Waals surface area contributed by atoms with E-state index in [1.54, 1.807) is 28.7 Å². The molecule has 8 heteroatoms. The number of halogens is 1. The molecule has 0 aliphatic heterocycles. The van der Waals surface area contributed by atoms with Crippen LogP contribution in [-0.4, -0.2) is 25.5 Å². The number of benzene rings is 1. The lowest BCUT2D eigenvalue weighted by Gasteiger charge is -2.13. The molecular formula is C19H22ClN5O2. The summed E-state index contributed by atoms with van der Waals surface area (Å²) >= 11 is 6.00. The first-order valence-electron chi connectivity index (χ1n) is 8.72. The second-order valence-corrected chi connectivity index (χ2v) is 6.63. The lowest BCUT2D eigenvalue weighted by molar-refractivity contribution is -0.119. The number of amides is 1. The molecule has 3 aromatic rings. The molecule has 0 fully saturated rings. The van der Waals surface area contributed by atoms with E-state index in [1.807, 2.05) is 31.2 Å². The molecule has 1 unspecified atom stereocenters. The summed E-state index contributed by atoms with van der Waals surface area (Å²) in [5, 5.41) is 11.7. The highest BCUT2D eigenvalue weighted by molar-refractivity contribution is 6.31. The third kappa shape index (κ3) is 4.49. The van der Waals surface area contributed by atoms with Gasteiger partial charge in [-0.05, 0) is 38.0 Å². The first-order valence-corrected chi connectivity index (χ1v) is 9.10. The molecule has 0 spiro atoms. The van der Waals surface area contributed by atoms with Gasteiger partial charge in [0.15, 0.2) is 6.73 Å². The summed E-state index contributed by atoms with van der Waals surface area (Å²) in [4.78, 5) is 12.4. The summed E-state index contributed by atoms with van der Waals surface area (Å²) < 4.78 is 8.91. The quantitative estimate of drug-likeness (QED) is 0.668. The van der Waals surface area contributed by atoms with Crippen molar-refractivity contribution in [3.63, 3.8) is 0 Å². The molecule has 142 valence electrons. The van der Waals surface area contributed by atoms with Gasteiger partial charge < -0.3 is 10.1 Å². The van der Waals surface area contributed by atoms with Gasteiger partial charge in [0.05, 0.1) is 35.0 Å². The fourth-order valence-corrected chi connectivity index (χ4v) is 2.74. The van der Waals surface area contributed by atoms with Crippen molar-refractivity contribution < 1.29 is 9.53 Å². The number of nitrogens with zero attached hydrogens (tertiary/aromatic N) is 4. The molecule has 1 atom stereocenters. The summed E-state index contributed by atoms with van der Waals surface area (Å²) in [7, 11) is 0. The van der Waals surface area contributed by atoms with Crippen molar-refractivity contribution in [3.05, 3.63) is 59.1 Å². The van der Waals surface area contributed by atoms with Crippen LogP contribution >= 0.6 is 11.6 Å². The largest absolute Gasteiger partial charge is 0.471 e. The molecule has 2 aromatic heterocycles. The zero-order valence-corrected chi connectivity index (χ0v) is 16.3. The smallest absolute Gasteiger partial charge is 0.249 e. The van der Waals surface area contributed by atoms with E-state index < -0.39 is 6.04 Å². The van der Waals surface area contributed by atoms with Crippen molar-refractivity contribution in [1.29, 1.82) is 0 Å². The van der Waals surface area contributed by atoms with Gasteiger partial charge in [0, 0.05) is 0 Å². The Kier molecular flexibility index (Phi) is 5.81. The zero-order valence-electron chi connectivity index (χ0n) is 15.5. The van der Waals surface area contributed by atoms with Crippen LogP contribution in [0.25, 0.3) is 0 Å². The standard InChI is InChI=1S/C19H22ClN5O2/c1-4-15-5-7-17(8-6-15)27-12-24-11-16(9-21-24)23-19(26)14(3)25-13(2)18(20)10-22-25/h5-11,14H,4,12H2,1-3H3,(H,23,26). The maximum absolute atomic E-state index is 12.4. The number of aryl methyl sites for hydroxylation is 1. The average molecular weight is 388 g/mol. The molecule has 3 rings (SSSR count). The van der Waals surface area contributed by atoms with Gasteiger partial charge in [0.2, 0.25) is 5.91 Å². The minimum absolute atomic E-state index is 0.200. The van der Waals surface area contributed by atoms with Crippen molar-refractivity contribution in [2.75, 3.05) is 5.32 Å². The van der Waals surface area contributed by atoms with Crippen LogP contribution in [0, 0.1) is 6.92 Å². The average Bonchev–Trinajstić information content (AvgIpc) is 3.26. The Labute approximate surface area is 162 Å². The van der Waals surface area contributed by atoms with Gasteiger partial charge >= 0.3 is 0 Å². The lowest BCUT2D eigenvalue weighted by atomic mass is 10.2. The van der Waals surface area contributed by atoms with E-state index in [-0.39, 0.29) is 12.6 Å². The van der Waals surface area contributed by atoms with Crippen LogP contribution in [0.3, 0.4) is 0 Å². The van der Waals surface area contributed by atoms with Gasteiger partial charge in [-0.15, -0.1) is 0 Å². The van der Waals surface area contributed by atoms with Crippen LogP contribution in [0.4, 0.5) is 5.69 Å². The SMILES string of the molecule is CCc1ccc(OCn2cc(NC(=O)C(C)n3ncc(Cl)c3C)cn2)cc1. The fraction of sp³-hybridized carbons (Fsp3) is 0.316. The first-order chi connectivity index (χ1) is 13.0. The van der Waals surface area contributed by atoms with Crippen LogP contribution in [-0.2, 0) is 17.9 Å². The van der Waals surface area contributed by atoms with Gasteiger partial charge in [-0.3, -0.25) is 9.48 Å². The molecular weight excluding hydrogens is 366 g/mol. The third-order valence-corrected chi connectivity index (χ3v) is 4.70. The van der Waals surface area contributed by atoms with E-state index in [0.717, 1.165) is 17.9 Å². The Morgan fingerprint density at radius 1 is 1.26 bits per heavy atom. The molecule has 0 saturated heterocycles. The highest BCUT2D eigenvalue weighted by Crippen LogP contribution is 2.19. The fourth-order valence-electron chi connectivity index (χ4n) is 2.61. The Hall–Kier alpha value is -2.80. The van der Waals surface area contributed by atoms with E-state index in [0.29, 0.717) is 10.7 Å². The predicted molar refractivity (Wildman–Crippen MR) is 104 cm³/mol. The van der Waals surface area contributed by atoms with Crippen molar-refractivity contribution in [2.24, 2.45) is 0 Å². The number of hydrogen-bond acceptors (Lipinski definition) is 4. The van der Waals surface area contributed by atoms with Gasteiger partial charge in [0.25, 0.3) is 0 Å². The Morgan fingerprint density at radius 3 is 2.63 bits per heavy atom. The molecule has 27 heavy (non-hydrogen) atoms. The van der Waals surface area contributed by atoms with Crippen LogP contribution in [0.1, 0.15) is 31.1 Å². The second kappa shape index (κ2) is 8.26. The molecule has 0 saturated carbocycles. The maximum Gasteiger partial charge on any atom is 0.249 e. The van der Waals surface area contributed by atoms with E-state index in [4.69, 9.17) is 16.3 Å². The Bertz CT molecular complexity index is 917.